The van der Waals surface area contributed by atoms with E-state index in [-0.39, 0.29) is 11.7 Å². The Kier molecular flexibility index (Phi) is 5.51. The van der Waals surface area contributed by atoms with Crippen LogP contribution < -0.4 is 5.32 Å². The van der Waals surface area contributed by atoms with Gasteiger partial charge in [0, 0.05) is 18.3 Å². The van der Waals surface area contributed by atoms with E-state index in [2.05, 4.69) is 5.32 Å². The molecule has 0 atom stereocenters. The van der Waals surface area contributed by atoms with Gasteiger partial charge in [-0.3, -0.25) is 4.79 Å². The predicted octanol–water partition coefficient (Wildman–Crippen LogP) is 4.21. The standard InChI is InChI=1S/C19H24N2O4/c1-13-10-11-24-16(13)17(22)20-15-9-7-6-8-14(15)12-21(5)18(23)25-19(2,3)4/h6-11H,12H2,1-5H3,(H,20,22). The van der Waals surface area contributed by atoms with Gasteiger partial charge in [-0.2, -0.15) is 0 Å². The van der Waals surface area contributed by atoms with Crippen molar-refractivity contribution in [2.75, 3.05) is 12.4 Å². The molecule has 6 heteroatoms. The van der Waals surface area contributed by atoms with Crippen molar-refractivity contribution in [3.63, 3.8) is 0 Å². The van der Waals surface area contributed by atoms with Gasteiger partial charge in [0.05, 0.1) is 12.8 Å². The van der Waals surface area contributed by atoms with Gasteiger partial charge in [-0.15, -0.1) is 0 Å². The minimum Gasteiger partial charge on any atom is -0.459 e. The Bertz CT molecular complexity index is 759. The van der Waals surface area contributed by atoms with E-state index in [0.29, 0.717) is 12.2 Å². The Morgan fingerprint density at radius 3 is 2.48 bits per heavy atom. The average molecular weight is 344 g/mol. The summed E-state index contributed by atoms with van der Waals surface area (Å²) in [7, 11) is 1.66. The number of hydrogen-bond acceptors (Lipinski definition) is 4. The van der Waals surface area contributed by atoms with Gasteiger partial charge in [0.1, 0.15) is 5.60 Å². The lowest BCUT2D eigenvalue weighted by atomic mass is 10.1. The molecule has 134 valence electrons. The van der Waals surface area contributed by atoms with Crippen LogP contribution >= 0.6 is 0 Å². The summed E-state index contributed by atoms with van der Waals surface area (Å²) in [6.45, 7) is 7.57. The largest absolute Gasteiger partial charge is 0.459 e. The van der Waals surface area contributed by atoms with Gasteiger partial charge >= 0.3 is 6.09 Å². The fourth-order valence-electron chi connectivity index (χ4n) is 2.22. The Balaban J connectivity index is 2.11. The molecule has 1 aromatic carbocycles. The zero-order chi connectivity index (χ0) is 18.6. The Morgan fingerprint density at radius 1 is 1.20 bits per heavy atom. The fourth-order valence-corrected chi connectivity index (χ4v) is 2.22. The molecular formula is C19H24N2O4. The molecule has 0 aliphatic carbocycles. The highest BCUT2D eigenvalue weighted by molar-refractivity contribution is 6.03. The van der Waals surface area contributed by atoms with Crippen molar-refractivity contribution in [2.45, 2.75) is 39.8 Å². The maximum absolute atomic E-state index is 12.3. The van der Waals surface area contributed by atoms with Crippen molar-refractivity contribution < 1.29 is 18.7 Å². The molecule has 0 saturated carbocycles. The van der Waals surface area contributed by atoms with E-state index in [0.717, 1.165) is 11.1 Å². The molecule has 2 amide bonds. The number of amides is 2. The first-order valence-electron chi connectivity index (χ1n) is 8.05. The van der Waals surface area contributed by atoms with Crippen LogP contribution in [0.25, 0.3) is 0 Å². The van der Waals surface area contributed by atoms with Gasteiger partial charge in [-0.05, 0) is 45.4 Å². The topological polar surface area (TPSA) is 71.8 Å². The van der Waals surface area contributed by atoms with E-state index in [9.17, 15) is 9.59 Å². The molecule has 0 saturated heterocycles. The van der Waals surface area contributed by atoms with Gasteiger partial charge in [0.15, 0.2) is 5.76 Å². The number of anilines is 1. The monoisotopic (exact) mass is 344 g/mol. The summed E-state index contributed by atoms with van der Waals surface area (Å²) in [5.74, 6) is -0.0508. The van der Waals surface area contributed by atoms with Crippen LogP contribution in [0, 0.1) is 6.92 Å². The second-order valence-corrected chi connectivity index (χ2v) is 6.88. The number of aryl methyl sites for hydroxylation is 1. The molecule has 1 N–H and O–H groups in total. The van der Waals surface area contributed by atoms with Gasteiger partial charge in [-0.25, -0.2) is 4.79 Å². The molecule has 2 rings (SSSR count). The summed E-state index contributed by atoms with van der Waals surface area (Å²) >= 11 is 0. The molecule has 0 aliphatic rings. The number of ether oxygens (including phenoxy) is 1. The zero-order valence-electron chi connectivity index (χ0n) is 15.3. The SMILES string of the molecule is Cc1ccoc1C(=O)Nc1ccccc1CN(C)C(=O)OC(C)(C)C. The lowest BCUT2D eigenvalue weighted by Gasteiger charge is -2.25. The molecule has 0 spiro atoms. The van der Waals surface area contributed by atoms with Gasteiger partial charge in [0.25, 0.3) is 5.91 Å². The highest BCUT2D eigenvalue weighted by Gasteiger charge is 2.21. The predicted molar refractivity (Wildman–Crippen MR) is 95.5 cm³/mol. The summed E-state index contributed by atoms with van der Waals surface area (Å²) in [6.07, 6.45) is 1.06. The summed E-state index contributed by atoms with van der Waals surface area (Å²) in [6, 6.07) is 9.05. The number of nitrogens with one attached hydrogen (secondary N) is 1. The van der Waals surface area contributed by atoms with Crippen molar-refractivity contribution in [3.8, 4) is 0 Å². The number of benzene rings is 1. The third-order valence-electron chi connectivity index (χ3n) is 3.45. The van der Waals surface area contributed by atoms with E-state index in [1.165, 1.54) is 11.2 Å². The Hall–Kier alpha value is -2.76. The minimum absolute atomic E-state index is 0.273. The molecule has 25 heavy (non-hydrogen) atoms. The van der Waals surface area contributed by atoms with Gasteiger partial charge in [-0.1, -0.05) is 18.2 Å². The molecule has 0 bridgehead atoms. The summed E-state index contributed by atoms with van der Waals surface area (Å²) in [5, 5.41) is 2.83. The summed E-state index contributed by atoms with van der Waals surface area (Å²) < 4.78 is 10.6. The van der Waals surface area contributed by atoms with Crippen LogP contribution in [-0.4, -0.2) is 29.5 Å². The van der Waals surface area contributed by atoms with Gasteiger partial charge < -0.3 is 19.4 Å². The number of rotatable bonds is 4. The van der Waals surface area contributed by atoms with E-state index in [4.69, 9.17) is 9.15 Å². The number of para-hydroxylation sites is 1. The summed E-state index contributed by atoms with van der Waals surface area (Å²) in [4.78, 5) is 25.9. The smallest absolute Gasteiger partial charge is 0.410 e. The number of hydrogen-bond donors (Lipinski definition) is 1. The van der Waals surface area contributed by atoms with Crippen LogP contribution in [0.3, 0.4) is 0 Å². The molecule has 2 aromatic rings. The molecule has 0 unspecified atom stereocenters. The molecule has 6 nitrogen and oxygen atoms in total. The molecular weight excluding hydrogens is 320 g/mol. The first-order chi connectivity index (χ1) is 11.7. The van der Waals surface area contributed by atoms with Crippen LogP contribution in [0.5, 0.6) is 0 Å². The molecule has 0 aliphatic heterocycles. The number of carbonyl (C=O) groups excluding carboxylic acids is 2. The van der Waals surface area contributed by atoms with Crippen LogP contribution in [-0.2, 0) is 11.3 Å². The van der Waals surface area contributed by atoms with E-state index >= 15 is 0 Å². The van der Waals surface area contributed by atoms with Crippen molar-refractivity contribution in [3.05, 3.63) is 53.5 Å². The fraction of sp³-hybridized carbons (Fsp3) is 0.368. The Labute approximate surface area is 147 Å². The molecule has 0 radical (unpaired) electrons. The average Bonchev–Trinajstić information content (AvgIpc) is 2.93. The van der Waals surface area contributed by atoms with E-state index < -0.39 is 11.7 Å². The first-order valence-corrected chi connectivity index (χ1v) is 8.05. The van der Waals surface area contributed by atoms with Crippen molar-refractivity contribution >= 4 is 17.7 Å². The second kappa shape index (κ2) is 7.42. The lowest BCUT2D eigenvalue weighted by molar-refractivity contribution is 0.0285. The normalized spacial score (nSPS) is 11.1. The third-order valence-corrected chi connectivity index (χ3v) is 3.45. The second-order valence-electron chi connectivity index (χ2n) is 6.88. The van der Waals surface area contributed by atoms with Crippen LogP contribution in [0.1, 0.15) is 42.5 Å². The first kappa shape index (κ1) is 18.6. The quantitative estimate of drug-likeness (QED) is 0.902. The maximum Gasteiger partial charge on any atom is 0.410 e. The van der Waals surface area contributed by atoms with Crippen LogP contribution in [0.15, 0.2) is 41.0 Å². The number of furan rings is 1. The highest BCUT2D eigenvalue weighted by Crippen LogP contribution is 2.20. The zero-order valence-corrected chi connectivity index (χ0v) is 15.3. The van der Waals surface area contributed by atoms with Crippen LogP contribution in [0.2, 0.25) is 0 Å². The van der Waals surface area contributed by atoms with E-state index in [1.54, 1.807) is 26.1 Å². The van der Waals surface area contributed by atoms with Gasteiger partial charge in [0.2, 0.25) is 0 Å². The van der Waals surface area contributed by atoms with E-state index in [1.807, 2.05) is 39.0 Å². The number of carbonyl (C=O) groups is 2. The minimum atomic E-state index is -0.560. The maximum atomic E-state index is 12.3. The molecule has 0 fully saturated rings. The highest BCUT2D eigenvalue weighted by atomic mass is 16.6. The molecule has 1 aromatic heterocycles. The van der Waals surface area contributed by atoms with Crippen molar-refractivity contribution in [1.82, 2.24) is 4.90 Å². The van der Waals surface area contributed by atoms with Crippen LogP contribution in [0.4, 0.5) is 10.5 Å². The lowest BCUT2D eigenvalue weighted by Crippen LogP contribution is -2.34. The third kappa shape index (κ3) is 5.11. The van der Waals surface area contributed by atoms with Crippen molar-refractivity contribution in [2.24, 2.45) is 0 Å². The Morgan fingerprint density at radius 2 is 1.88 bits per heavy atom. The summed E-state index contributed by atoms with van der Waals surface area (Å²) in [5.41, 5.74) is 1.63. The molecule has 1 heterocycles. The van der Waals surface area contributed by atoms with Crippen molar-refractivity contribution in [1.29, 1.82) is 0 Å². The number of nitrogens with zero attached hydrogens (tertiary/aromatic N) is 1.